The van der Waals surface area contributed by atoms with Gasteiger partial charge in [-0.15, -0.1) is 0 Å². The van der Waals surface area contributed by atoms with E-state index in [1.54, 1.807) is 13.3 Å². The van der Waals surface area contributed by atoms with E-state index in [-0.39, 0.29) is 25.6 Å². The third-order valence-electron chi connectivity index (χ3n) is 8.61. The quantitative estimate of drug-likeness (QED) is 0.195. The minimum absolute atomic E-state index is 0. The predicted octanol–water partition coefficient (Wildman–Crippen LogP) is 8.52. The Balaban J connectivity index is 0.00000368. The van der Waals surface area contributed by atoms with E-state index in [9.17, 15) is 5.11 Å². The molecule has 2 aromatic heterocycles. The van der Waals surface area contributed by atoms with Gasteiger partial charge in [0.15, 0.2) is 0 Å². The lowest BCUT2D eigenvalue weighted by atomic mass is 9.69. The van der Waals surface area contributed by atoms with Crippen LogP contribution in [-0.4, -0.2) is 39.2 Å². The highest BCUT2D eigenvalue weighted by Gasteiger charge is 2.47. The molecule has 222 valence electrons. The Bertz CT molecular complexity index is 1670. The Morgan fingerprint density at radius 1 is 0.930 bits per heavy atom. The molecule has 1 saturated heterocycles. The number of hydrogen-bond acceptors (Lipinski definition) is 5. The first-order valence-corrected chi connectivity index (χ1v) is 14.9. The molecule has 0 saturated carbocycles. The Labute approximate surface area is 269 Å². The maximum atomic E-state index is 12.9. The molecule has 0 bridgehead atoms. The average Bonchev–Trinajstić information content (AvgIpc) is 3.02. The number of ether oxygens (including phenoxy) is 1. The smallest absolute Gasteiger partial charge is 0.217 e. The summed E-state index contributed by atoms with van der Waals surface area (Å²) >= 11 is 12.7. The maximum Gasteiger partial charge on any atom is 0.217 e. The summed E-state index contributed by atoms with van der Waals surface area (Å²) in [6.07, 6.45) is 4.74. The average molecular weight is 633 g/mol. The van der Waals surface area contributed by atoms with Crippen LogP contribution in [0.25, 0.3) is 10.9 Å². The van der Waals surface area contributed by atoms with Crippen LogP contribution >= 0.6 is 36.7 Å². The molecular formula is C35H35Cl2N3O2S. The van der Waals surface area contributed by atoms with Gasteiger partial charge in [-0.2, -0.15) is 13.5 Å². The zero-order valence-electron chi connectivity index (χ0n) is 24.1. The van der Waals surface area contributed by atoms with Gasteiger partial charge in [-0.05, 0) is 78.9 Å². The fraction of sp³-hybridized carbons (Fsp3) is 0.257. The molecule has 6 rings (SSSR count). The normalized spacial score (nSPS) is 20.3. The molecule has 1 N–H and O–H groups in total. The summed E-state index contributed by atoms with van der Waals surface area (Å²) in [5.41, 5.74) is 3.71. The van der Waals surface area contributed by atoms with Crippen LogP contribution in [0, 0.1) is 0 Å². The van der Waals surface area contributed by atoms with Gasteiger partial charge in [0.05, 0.1) is 18.2 Å². The van der Waals surface area contributed by atoms with Crippen molar-refractivity contribution in [3.8, 4) is 5.88 Å². The van der Waals surface area contributed by atoms with Crippen molar-refractivity contribution < 1.29 is 9.84 Å². The molecule has 8 heteroatoms. The Kier molecular flexibility index (Phi) is 9.64. The third-order valence-corrected chi connectivity index (χ3v) is 9.10. The molecule has 5 nitrogen and oxygen atoms in total. The van der Waals surface area contributed by atoms with Crippen LogP contribution in [0.3, 0.4) is 0 Å². The van der Waals surface area contributed by atoms with Gasteiger partial charge in [-0.3, -0.25) is 9.88 Å². The lowest BCUT2D eigenvalue weighted by Crippen LogP contribution is -2.50. The van der Waals surface area contributed by atoms with Gasteiger partial charge >= 0.3 is 0 Å². The molecule has 3 aromatic carbocycles. The standard InChI is InChI=1S/C35H33Cl2N3O2.H2S/c1-23(24-7-4-3-5-8-24)40-18-16-35(41,21-32(40)26-9-6-17-38-22-26)33(25-10-12-28(36)13-11-25)30-20-27-19-29(37)14-15-31(27)39-34(30)42-2;/h3-15,17,19-20,22-23,32-33,41H,16,18,21H2,1-2H3;1H2. The van der Waals surface area contributed by atoms with E-state index < -0.39 is 11.5 Å². The molecule has 4 atom stereocenters. The minimum atomic E-state index is -1.14. The number of rotatable bonds is 7. The molecular weight excluding hydrogens is 597 g/mol. The van der Waals surface area contributed by atoms with Crippen molar-refractivity contribution >= 4 is 47.6 Å². The van der Waals surface area contributed by atoms with Crippen molar-refractivity contribution in [3.05, 3.63) is 136 Å². The lowest BCUT2D eigenvalue weighted by molar-refractivity contribution is -0.0697. The van der Waals surface area contributed by atoms with Gasteiger partial charge in [-0.25, -0.2) is 4.98 Å². The van der Waals surface area contributed by atoms with Gasteiger partial charge in [0.1, 0.15) is 0 Å². The molecule has 0 radical (unpaired) electrons. The summed E-state index contributed by atoms with van der Waals surface area (Å²) < 4.78 is 5.87. The summed E-state index contributed by atoms with van der Waals surface area (Å²) in [5, 5.41) is 15.0. The van der Waals surface area contributed by atoms with E-state index in [4.69, 9.17) is 32.9 Å². The number of nitrogens with zero attached hydrogens (tertiary/aromatic N) is 3. The van der Waals surface area contributed by atoms with E-state index >= 15 is 0 Å². The molecule has 4 unspecified atom stereocenters. The zero-order chi connectivity index (χ0) is 29.3. The molecule has 3 heterocycles. The second-order valence-electron chi connectivity index (χ2n) is 11.1. The fourth-order valence-electron chi connectivity index (χ4n) is 6.51. The van der Waals surface area contributed by atoms with Gasteiger partial charge < -0.3 is 9.84 Å². The van der Waals surface area contributed by atoms with Crippen LogP contribution in [0.1, 0.15) is 60.0 Å². The van der Waals surface area contributed by atoms with Crippen molar-refractivity contribution in [2.24, 2.45) is 0 Å². The first-order chi connectivity index (χ1) is 20.4. The van der Waals surface area contributed by atoms with E-state index in [1.807, 2.05) is 60.8 Å². The monoisotopic (exact) mass is 631 g/mol. The van der Waals surface area contributed by atoms with Crippen LogP contribution < -0.4 is 4.74 Å². The molecule has 43 heavy (non-hydrogen) atoms. The molecule has 1 aliphatic rings. The van der Waals surface area contributed by atoms with Crippen LogP contribution in [0.15, 0.2) is 103 Å². The number of hydrogen-bond donors (Lipinski definition) is 1. The number of piperidine rings is 1. The fourth-order valence-corrected chi connectivity index (χ4v) is 6.82. The van der Waals surface area contributed by atoms with Crippen molar-refractivity contribution in [1.29, 1.82) is 0 Å². The van der Waals surface area contributed by atoms with Gasteiger partial charge in [-0.1, -0.05) is 71.7 Å². The zero-order valence-corrected chi connectivity index (χ0v) is 26.6. The summed E-state index contributed by atoms with van der Waals surface area (Å²) in [7, 11) is 1.62. The molecule has 0 amide bonds. The number of pyridine rings is 2. The molecule has 1 fully saturated rings. The molecule has 1 aliphatic heterocycles. The first kappa shape index (κ1) is 31.3. The van der Waals surface area contributed by atoms with Crippen molar-refractivity contribution in [1.82, 2.24) is 14.9 Å². The highest BCUT2D eigenvalue weighted by Crippen LogP contribution is 2.50. The van der Waals surface area contributed by atoms with E-state index in [0.717, 1.165) is 27.6 Å². The summed E-state index contributed by atoms with van der Waals surface area (Å²) in [6.45, 7) is 2.92. The number of aromatic nitrogens is 2. The first-order valence-electron chi connectivity index (χ1n) is 14.2. The van der Waals surface area contributed by atoms with E-state index in [0.29, 0.717) is 35.3 Å². The van der Waals surface area contributed by atoms with Crippen LogP contribution in [0.2, 0.25) is 10.0 Å². The maximum absolute atomic E-state index is 12.9. The number of methoxy groups -OCH3 is 1. The number of aliphatic hydroxyl groups is 1. The Morgan fingerprint density at radius 2 is 1.67 bits per heavy atom. The van der Waals surface area contributed by atoms with Crippen molar-refractivity contribution in [3.63, 3.8) is 0 Å². The highest BCUT2D eigenvalue weighted by atomic mass is 35.5. The lowest BCUT2D eigenvalue weighted by Gasteiger charge is -2.49. The number of likely N-dealkylation sites (tertiary alicyclic amines) is 1. The molecule has 5 aromatic rings. The minimum Gasteiger partial charge on any atom is -0.481 e. The SMILES string of the molecule is COc1nc2ccc(Cl)cc2cc1C(c1ccc(Cl)cc1)C1(O)CCN(C(C)c2ccccc2)C(c2cccnc2)C1.S. The third kappa shape index (κ3) is 6.40. The largest absolute Gasteiger partial charge is 0.481 e. The molecule has 0 aliphatic carbocycles. The van der Waals surface area contributed by atoms with Crippen LogP contribution in [-0.2, 0) is 0 Å². The second-order valence-corrected chi connectivity index (χ2v) is 12.0. The van der Waals surface area contributed by atoms with Crippen molar-refractivity contribution in [2.45, 2.75) is 43.4 Å². The van der Waals surface area contributed by atoms with Gasteiger partial charge in [0, 0.05) is 57.9 Å². The number of benzene rings is 3. The summed E-state index contributed by atoms with van der Waals surface area (Å²) in [5.74, 6) is 0.0464. The molecule has 0 spiro atoms. The van der Waals surface area contributed by atoms with Gasteiger partial charge in [0.25, 0.3) is 0 Å². The Morgan fingerprint density at radius 3 is 2.37 bits per heavy atom. The number of fused-ring (bicyclic) bond motifs is 1. The van der Waals surface area contributed by atoms with E-state index in [1.165, 1.54) is 5.56 Å². The number of halogens is 2. The Hall–Kier alpha value is -3.13. The predicted molar refractivity (Wildman–Crippen MR) is 180 cm³/mol. The van der Waals surface area contributed by atoms with Crippen LogP contribution in [0.5, 0.6) is 5.88 Å². The van der Waals surface area contributed by atoms with Crippen molar-refractivity contribution in [2.75, 3.05) is 13.7 Å². The van der Waals surface area contributed by atoms with E-state index in [2.05, 4.69) is 53.2 Å². The van der Waals surface area contributed by atoms with Gasteiger partial charge in [0.2, 0.25) is 5.88 Å². The highest BCUT2D eigenvalue weighted by molar-refractivity contribution is 7.59. The second kappa shape index (κ2) is 13.2. The van der Waals surface area contributed by atoms with Crippen LogP contribution in [0.4, 0.5) is 0 Å². The topological polar surface area (TPSA) is 58.5 Å². The summed E-state index contributed by atoms with van der Waals surface area (Å²) in [6, 6.07) is 30.1. The summed E-state index contributed by atoms with van der Waals surface area (Å²) in [4.78, 5) is 11.8.